The molecule has 0 heterocycles. The van der Waals surface area contributed by atoms with E-state index in [0.717, 1.165) is 20.8 Å². The molecule has 0 aromatic heterocycles. The van der Waals surface area contributed by atoms with Crippen molar-refractivity contribution in [1.29, 1.82) is 0 Å². The number of para-hydroxylation sites is 1. The number of fused-ring (bicyclic) bond motifs is 1. The third-order valence-corrected chi connectivity index (χ3v) is 7.05. The highest BCUT2D eigenvalue weighted by molar-refractivity contribution is 7.92. The Balaban J connectivity index is 1.41. The van der Waals surface area contributed by atoms with Crippen molar-refractivity contribution in [3.63, 3.8) is 0 Å². The quantitative estimate of drug-likeness (QED) is 0.394. The van der Waals surface area contributed by atoms with Crippen molar-refractivity contribution < 1.29 is 17.9 Å². The number of hydrogen-bond donors (Lipinski definition) is 1. The zero-order valence-electron chi connectivity index (χ0n) is 18.1. The van der Waals surface area contributed by atoms with Crippen LogP contribution in [-0.2, 0) is 10.0 Å². The molecule has 0 atom stereocenters. The van der Waals surface area contributed by atoms with Gasteiger partial charge in [0.1, 0.15) is 12.4 Å². The Kier molecular flexibility index (Phi) is 6.60. The van der Waals surface area contributed by atoms with E-state index < -0.39 is 10.0 Å². The molecule has 4 rings (SSSR count). The van der Waals surface area contributed by atoms with Crippen molar-refractivity contribution in [3.8, 4) is 5.75 Å². The average Bonchev–Trinajstić information content (AvgIpc) is 2.86. The largest absolute Gasteiger partial charge is 0.492 e. The van der Waals surface area contributed by atoms with Crippen LogP contribution in [0.3, 0.4) is 0 Å². The molecule has 0 aliphatic carbocycles. The summed E-state index contributed by atoms with van der Waals surface area (Å²) in [5.74, 6) is 0.347. The molecule has 7 heteroatoms. The molecule has 4 aromatic carbocycles. The summed E-state index contributed by atoms with van der Waals surface area (Å²) in [5, 5.41) is 5.02. The second-order valence-corrected chi connectivity index (χ2v) is 9.39. The van der Waals surface area contributed by atoms with Crippen LogP contribution < -0.4 is 14.4 Å². The maximum atomic E-state index is 13.0. The minimum absolute atomic E-state index is 0.159. The minimum atomic E-state index is -3.80. The number of carbonyl (C=O) groups is 1. The number of nitrogens with zero attached hydrogens (tertiary/aromatic N) is 1. The molecule has 168 valence electrons. The number of nitrogens with one attached hydrogen (secondary N) is 1. The molecule has 0 saturated heterocycles. The van der Waals surface area contributed by atoms with Crippen molar-refractivity contribution in [1.82, 2.24) is 5.32 Å². The molecule has 0 aliphatic heterocycles. The minimum Gasteiger partial charge on any atom is -0.492 e. The van der Waals surface area contributed by atoms with Gasteiger partial charge in [0.25, 0.3) is 15.9 Å². The van der Waals surface area contributed by atoms with E-state index in [2.05, 4.69) is 5.32 Å². The summed E-state index contributed by atoms with van der Waals surface area (Å²) in [5.41, 5.74) is 0.569. The maximum absolute atomic E-state index is 13.0. The molecule has 0 saturated carbocycles. The number of rotatable bonds is 8. The fourth-order valence-corrected chi connectivity index (χ4v) is 4.74. The van der Waals surface area contributed by atoms with Gasteiger partial charge in [-0.1, -0.05) is 60.7 Å². The first kappa shape index (κ1) is 22.4. The van der Waals surface area contributed by atoms with Gasteiger partial charge < -0.3 is 10.1 Å². The Morgan fingerprint density at radius 2 is 1.52 bits per heavy atom. The van der Waals surface area contributed by atoms with E-state index in [1.807, 2.05) is 42.5 Å². The molecule has 33 heavy (non-hydrogen) atoms. The third kappa shape index (κ3) is 4.99. The van der Waals surface area contributed by atoms with Crippen molar-refractivity contribution in [2.75, 3.05) is 24.5 Å². The molecular formula is C26H24N2O4S. The van der Waals surface area contributed by atoms with Gasteiger partial charge in [0.15, 0.2) is 0 Å². The van der Waals surface area contributed by atoms with Crippen LogP contribution in [0.15, 0.2) is 102 Å². The van der Waals surface area contributed by atoms with Gasteiger partial charge in [0.05, 0.1) is 22.7 Å². The summed E-state index contributed by atoms with van der Waals surface area (Å²) in [7, 11) is -2.36. The van der Waals surface area contributed by atoms with E-state index in [0.29, 0.717) is 5.69 Å². The highest BCUT2D eigenvalue weighted by atomic mass is 32.2. The summed E-state index contributed by atoms with van der Waals surface area (Å²) in [4.78, 5) is 13.0. The van der Waals surface area contributed by atoms with Gasteiger partial charge in [0, 0.05) is 7.05 Å². The number of amides is 1. The van der Waals surface area contributed by atoms with E-state index in [4.69, 9.17) is 4.74 Å². The first-order chi connectivity index (χ1) is 16.0. The van der Waals surface area contributed by atoms with Gasteiger partial charge in [-0.15, -0.1) is 0 Å². The van der Waals surface area contributed by atoms with Crippen LogP contribution >= 0.6 is 0 Å². The molecule has 0 spiro atoms. The van der Waals surface area contributed by atoms with Gasteiger partial charge >= 0.3 is 0 Å². The molecular weight excluding hydrogens is 436 g/mol. The van der Waals surface area contributed by atoms with Crippen molar-refractivity contribution in [2.24, 2.45) is 0 Å². The van der Waals surface area contributed by atoms with Gasteiger partial charge in [-0.25, -0.2) is 8.42 Å². The van der Waals surface area contributed by atoms with Crippen molar-refractivity contribution >= 4 is 32.4 Å². The van der Waals surface area contributed by atoms with Gasteiger partial charge in [0.2, 0.25) is 0 Å². The second kappa shape index (κ2) is 9.75. The zero-order chi connectivity index (χ0) is 23.3. The van der Waals surface area contributed by atoms with Crippen LogP contribution in [0.5, 0.6) is 5.75 Å². The molecule has 0 fully saturated rings. The number of ether oxygens (including phenoxy) is 1. The number of sulfonamides is 1. The lowest BCUT2D eigenvalue weighted by atomic mass is 10.1. The van der Waals surface area contributed by atoms with Crippen LogP contribution in [0, 0.1) is 0 Å². The van der Waals surface area contributed by atoms with E-state index in [-0.39, 0.29) is 29.5 Å². The molecule has 0 radical (unpaired) electrons. The molecule has 4 aromatic rings. The average molecular weight is 461 g/mol. The van der Waals surface area contributed by atoms with Crippen molar-refractivity contribution in [2.45, 2.75) is 4.90 Å². The van der Waals surface area contributed by atoms with Crippen molar-refractivity contribution in [3.05, 3.63) is 103 Å². The fourth-order valence-electron chi connectivity index (χ4n) is 3.51. The van der Waals surface area contributed by atoms with Gasteiger partial charge in [-0.3, -0.25) is 9.10 Å². The lowest BCUT2D eigenvalue weighted by Gasteiger charge is -2.22. The lowest BCUT2D eigenvalue weighted by molar-refractivity contribution is 0.0947. The van der Waals surface area contributed by atoms with Crippen LogP contribution in [-0.4, -0.2) is 34.5 Å². The Hall–Kier alpha value is -3.84. The van der Waals surface area contributed by atoms with Crippen LogP contribution in [0.4, 0.5) is 5.69 Å². The Morgan fingerprint density at radius 3 is 2.30 bits per heavy atom. The lowest BCUT2D eigenvalue weighted by Crippen LogP contribution is -2.32. The topological polar surface area (TPSA) is 75.7 Å². The summed E-state index contributed by atoms with van der Waals surface area (Å²) >= 11 is 0. The van der Waals surface area contributed by atoms with Gasteiger partial charge in [-0.05, 0) is 47.2 Å². The van der Waals surface area contributed by atoms with E-state index in [1.54, 1.807) is 42.5 Å². The first-order valence-corrected chi connectivity index (χ1v) is 11.9. The molecule has 0 unspecified atom stereocenters. The summed E-state index contributed by atoms with van der Waals surface area (Å²) in [6, 6.07) is 28.6. The highest BCUT2D eigenvalue weighted by Crippen LogP contribution is 2.25. The van der Waals surface area contributed by atoms with E-state index in [9.17, 15) is 13.2 Å². The number of benzene rings is 4. The predicted molar refractivity (Wildman–Crippen MR) is 130 cm³/mol. The Bertz CT molecular complexity index is 1370. The van der Waals surface area contributed by atoms with E-state index in [1.165, 1.54) is 19.2 Å². The summed E-state index contributed by atoms with van der Waals surface area (Å²) in [6.07, 6.45) is 0. The Labute approximate surface area is 193 Å². The second-order valence-electron chi connectivity index (χ2n) is 7.42. The summed E-state index contributed by atoms with van der Waals surface area (Å²) in [6.45, 7) is 0.555. The standard InChI is InChI=1S/C26H24N2O4S/c1-28(33(30,31)23-11-3-2-4-12-23)25-14-8-7-13-24(25)26(29)27-17-18-32-22-16-15-20-9-5-6-10-21(20)19-22/h2-16,19H,17-18H2,1H3,(H,27,29). The number of hydrogen-bond acceptors (Lipinski definition) is 4. The van der Waals surface area contributed by atoms with Gasteiger partial charge in [-0.2, -0.15) is 0 Å². The normalized spacial score (nSPS) is 11.2. The predicted octanol–water partition coefficient (Wildman–Crippen LogP) is 4.47. The molecule has 6 nitrogen and oxygen atoms in total. The monoisotopic (exact) mass is 460 g/mol. The summed E-state index contributed by atoms with van der Waals surface area (Å²) < 4.78 is 32.9. The zero-order valence-corrected chi connectivity index (χ0v) is 19.0. The highest BCUT2D eigenvalue weighted by Gasteiger charge is 2.24. The third-order valence-electron chi connectivity index (χ3n) is 5.27. The molecule has 0 aliphatic rings. The fraction of sp³-hybridized carbons (Fsp3) is 0.115. The SMILES string of the molecule is CN(c1ccccc1C(=O)NCCOc1ccc2ccccc2c1)S(=O)(=O)c1ccccc1. The Morgan fingerprint density at radius 1 is 0.848 bits per heavy atom. The smallest absolute Gasteiger partial charge is 0.264 e. The first-order valence-electron chi connectivity index (χ1n) is 10.5. The number of anilines is 1. The molecule has 1 N–H and O–H groups in total. The van der Waals surface area contributed by atoms with E-state index >= 15 is 0 Å². The number of carbonyl (C=O) groups excluding carboxylic acids is 1. The van der Waals surface area contributed by atoms with Crippen LogP contribution in [0.1, 0.15) is 10.4 Å². The molecule has 1 amide bonds. The van der Waals surface area contributed by atoms with Crippen LogP contribution in [0.2, 0.25) is 0 Å². The maximum Gasteiger partial charge on any atom is 0.264 e. The van der Waals surface area contributed by atoms with Crippen LogP contribution in [0.25, 0.3) is 10.8 Å². The molecule has 0 bridgehead atoms.